The molecule has 0 N–H and O–H groups in total. The van der Waals surface area contributed by atoms with E-state index in [-0.39, 0.29) is 11.0 Å². The average Bonchev–Trinajstić information content (AvgIpc) is 2.71. The van der Waals surface area contributed by atoms with Crippen molar-refractivity contribution in [3.63, 3.8) is 0 Å². The molecule has 1 fully saturated rings. The third-order valence-corrected chi connectivity index (χ3v) is 3.61. The van der Waals surface area contributed by atoms with Crippen molar-refractivity contribution in [2.45, 2.75) is 24.5 Å². The third kappa shape index (κ3) is 1.97. The molecule has 1 aromatic rings. The fourth-order valence-corrected chi connectivity index (χ4v) is 2.78. The molecule has 0 spiro atoms. The van der Waals surface area contributed by atoms with E-state index in [1.807, 2.05) is 0 Å². The van der Waals surface area contributed by atoms with Gasteiger partial charge in [0.1, 0.15) is 0 Å². The molecule has 2 rings (SSSR count). The van der Waals surface area contributed by atoms with Crippen LogP contribution in [0, 0.1) is 0 Å². The first-order valence-electron chi connectivity index (χ1n) is 4.57. The average molecular weight is 196 g/mol. The second kappa shape index (κ2) is 4.01. The number of ketones is 1. The molecule has 1 saturated heterocycles. The Hall–Kier alpha value is -0.700. The number of carbonyl (C=O) groups excluding carboxylic acids is 1. The molecule has 0 radical (unpaired) electrons. The highest BCUT2D eigenvalue weighted by Gasteiger charge is 2.24. The molecule has 0 saturated carbocycles. The van der Waals surface area contributed by atoms with E-state index < -0.39 is 0 Å². The van der Waals surface area contributed by atoms with Gasteiger partial charge in [0.15, 0.2) is 5.76 Å². The normalized spacial score (nSPS) is 22.9. The van der Waals surface area contributed by atoms with Crippen molar-refractivity contribution in [3.05, 3.63) is 24.2 Å². The van der Waals surface area contributed by atoms with Gasteiger partial charge in [-0.2, -0.15) is 11.8 Å². The van der Waals surface area contributed by atoms with Crippen molar-refractivity contribution in [1.29, 1.82) is 0 Å². The van der Waals surface area contributed by atoms with Gasteiger partial charge in [-0.1, -0.05) is 6.42 Å². The lowest BCUT2D eigenvalue weighted by Gasteiger charge is -2.18. The summed E-state index contributed by atoms with van der Waals surface area (Å²) < 4.78 is 5.09. The zero-order valence-corrected chi connectivity index (χ0v) is 8.18. The molecule has 1 atom stereocenters. The summed E-state index contributed by atoms with van der Waals surface area (Å²) in [5, 5.41) is 0.139. The first kappa shape index (κ1) is 8.88. The van der Waals surface area contributed by atoms with E-state index >= 15 is 0 Å². The van der Waals surface area contributed by atoms with Gasteiger partial charge in [-0.25, -0.2) is 0 Å². The summed E-state index contributed by atoms with van der Waals surface area (Å²) in [5.41, 5.74) is 0. The van der Waals surface area contributed by atoms with E-state index in [1.165, 1.54) is 12.8 Å². The summed E-state index contributed by atoms with van der Waals surface area (Å²) in [4.78, 5) is 11.7. The second-order valence-corrected chi connectivity index (χ2v) is 4.51. The summed E-state index contributed by atoms with van der Waals surface area (Å²) in [7, 11) is 0. The maximum atomic E-state index is 11.7. The second-order valence-electron chi connectivity index (χ2n) is 3.20. The smallest absolute Gasteiger partial charge is 0.210 e. The van der Waals surface area contributed by atoms with Crippen LogP contribution in [0.4, 0.5) is 0 Å². The highest BCUT2D eigenvalue weighted by atomic mass is 32.2. The minimum absolute atomic E-state index is 0.139. The molecule has 1 aromatic heterocycles. The van der Waals surface area contributed by atoms with Crippen LogP contribution in [0.15, 0.2) is 22.8 Å². The summed E-state index contributed by atoms with van der Waals surface area (Å²) in [6.45, 7) is 0. The van der Waals surface area contributed by atoms with Gasteiger partial charge in [-0.05, 0) is 30.7 Å². The molecule has 0 aromatic carbocycles. The maximum Gasteiger partial charge on any atom is 0.210 e. The lowest BCUT2D eigenvalue weighted by atomic mass is 10.1. The van der Waals surface area contributed by atoms with Gasteiger partial charge in [-0.15, -0.1) is 0 Å². The number of furan rings is 1. The van der Waals surface area contributed by atoms with Crippen molar-refractivity contribution < 1.29 is 9.21 Å². The first-order chi connectivity index (χ1) is 6.38. The molecule has 1 aliphatic rings. The predicted molar refractivity (Wildman–Crippen MR) is 53.1 cm³/mol. The molecular formula is C10H12O2S. The Morgan fingerprint density at radius 3 is 3.08 bits per heavy atom. The molecule has 13 heavy (non-hydrogen) atoms. The van der Waals surface area contributed by atoms with Gasteiger partial charge < -0.3 is 4.42 Å². The quantitative estimate of drug-likeness (QED) is 0.681. The number of hydrogen-bond acceptors (Lipinski definition) is 3. The Labute approximate surface area is 81.7 Å². The van der Waals surface area contributed by atoms with E-state index in [9.17, 15) is 4.79 Å². The Kier molecular flexibility index (Phi) is 2.74. The van der Waals surface area contributed by atoms with Gasteiger partial charge in [0.25, 0.3) is 0 Å². The van der Waals surface area contributed by atoms with Crippen LogP contribution < -0.4 is 0 Å². The number of Topliss-reactive ketones (excluding diaryl/α,β-unsaturated/α-hetero) is 1. The van der Waals surface area contributed by atoms with Gasteiger partial charge in [-0.3, -0.25) is 4.79 Å². The molecular weight excluding hydrogens is 184 g/mol. The summed E-state index contributed by atoms with van der Waals surface area (Å²) in [6, 6.07) is 3.51. The first-order valence-corrected chi connectivity index (χ1v) is 5.62. The van der Waals surface area contributed by atoms with Crippen LogP contribution in [-0.2, 0) is 0 Å². The molecule has 2 nitrogen and oxygen atoms in total. The van der Waals surface area contributed by atoms with Crippen LogP contribution in [0.3, 0.4) is 0 Å². The molecule has 2 heterocycles. The van der Waals surface area contributed by atoms with Crippen LogP contribution in [0.5, 0.6) is 0 Å². The molecule has 1 aliphatic heterocycles. The molecule has 0 amide bonds. The largest absolute Gasteiger partial charge is 0.461 e. The van der Waals surface area contributed by atoms with Crippen molar-refractivity contribution >= 4 is 17.5 Å². The summed E-state index contributed by atoms with van der Waals surface area (Å²) in [6.07, 6.45) is 4.97. The lowest BCUT2D eigenvalue weighted by Crippen LogP contribution is -2.20. The van der Waals surface area contributed by atoms with Gasteiger partial charge in [0.2, 0.25) is 5.78 Å². The van der Waals surface area contributed by atoms with Crippen LogP contribution in [0.2, 0.25) is 0 Å². The zero-order chi connectivity index (χ0) is 9.10. The van der Waals surface area contributed by atoms with Crippen LogP contribution in [-0.4, -0.2) is 16.8 Å². The Balaban J connectivity index is 2.04. The molecule has 3 heteroatoms. The lowest BCUT2D eigenvalue weighted by molar-refractivity contribution is 0.0958. The fourth-order valence-electron chi connectivity index (χ4n) is 1.52. The van der Waals surface area contributed by atoms with E-state index in [1.54, 1.807) is 30.2 Å². The Morgan fingerprint density at radius 2 is 2.46 bits per heavy atom. The van der Waals surface area contributed by atoms with Crippen LogP contribution in [0.1, 0.15) is 29.8 Å². The third-order valence-electron chi connectivity index (χ3n) is 2.24. The molecule has 70 valence electrons. The van der Waals surface area contributed by atoms with Crippen molar-refractivity contribution in [2.24, 2.45) is 0 Å². The molecule has 0 bridgehead atoms. The molecule has 1 unspecified atom stereocenters. The SMILES string of the molecule is O=C(c1ccco1)C1CCCCS1. The topological polar surface area (TPSA) is 30.2 Å². The molecule has 0 aliphatic carbocycles. The van der Waals surface area contributed by atoms with Gasteiger partial charge in [0, 0.05) is 0 Å². The monoisotopic (exact) mass is 196 g/mol. The highest BCUT2D eigenvalue weighted by Crippen LogP contribution is 2.27. The van der Waals surface area contributed by atoms with E-state index in [2.05, 4.69) is 0 Å². The van der Waals surface area contributed by atoms with Crippen molar-refractivity contribution in [2.75, 3.05) is 5.75 Å². The predicted octanol–water partition coefficient (Wildman–Crippen LogP) is 2.75. The summed E-state index contributed by atoms with van der Waals surface area (Å²) >= 11 is 1.76. The van der Waals surface area contributed by atoms with Crippen molar-refractivity contribution in [1.82, 2.24) is 0 Å². The van der Waals surface area contributed by atoms with Crippen LogP contribution >= 0.6 is 11.8 Å². The maximum absolute atomic E-state index is 11.7. The van der Waals surface area contributed by atoms with Crippen LogP contribution in [0.25, 0.3) is 0 Å². The van der Waals surface area contributed by atoms with E-state index in [4.69, 9.17) is 4.42 Å². The Bertz CT molecular complexity index is 273. The summed E-state index contributed by atoms with van der Waals surface area (Å²) in [5.74, 6) is 1.78. The number of thioether (sulfide) groups is 1. The van der Waals surface area contributed by atoms with Gasteiger partial charge in [0.05, 0.1) is 11.5 Å². The standard InChI is InChI=1S/C10H12O2S/c11-10(8-4-3-6-12-8)9-5-1-2-7-13-9/h3-4,6,9H,1-2,5,7H2. The number of hydrogen-bond donors (Lipinski definition) is 0. The minimum atomic E-state index is 0.139. The minimum Gasteiger partial charge on any atom is -0.461 e. The van der Waals surface area contributed by atoms with E-state index in [0.29, 0.717) is 5.76 Å². The Morgan fingerprint density at radius 1 is 1.54 bits per heavy atom. The van der Waals surface area contributed by atoms with E-state index in [0.717, 1.165) is 12.2 Å². The highest BCUT2D eigenvalue weighted by molar-refractivity contribution is 8.00. The van der Waals surface area contributed by atoms with Gasteiger partial charge >= 0.3 is 0 Å². The number of rotatable bonds is 2. The fraction of sp³-hybridized carbons (Fsp3) is 0.500. The number of carbonyl (C=O) groups is 1. The van der Waals surface area contributed by atoms with Crippen molar-refractivity contribution in [3.8, 4) is 0 Å². The zero-order valence-electron chi connectivity index (χ0n) is 7.36.